The Kier molecular flexibility index (Phi) is 6.21. The lowest BCUT2D eigenvalue weighted by Crippen LogP contribution is -2.40. The maximum atomic E-state index is 13.0. The molecular formula is C22H22F3N5O3. The van der Waals surface area contributed by atoms with Gasteiger partial charge in [-0.3, -0.25) is 24.6 Å². The van der Waals surface area contributed by atoms with Crippen LogP contribution in [-0.4, -0.2) is 37.3 Å². The van der Waals surface area contributed by atoms with Gasteiger partial charge in [0.25, 0.3) is 11.1 Å². The van der Waals surface area contributed by atoms with Crippen molar-refractivity contribution in [3.63, 3.8) is 0 Å². The zero-order valence-corrected chi connectivity index (χ0v) is 17.6. The van der Waals surface area contributed by atoms with Gasteiger partial charge in [-0.05, 0) is 37.0 Å². The number of H-pyrrole nitrogens is 2. The molecule has 174 valence electrons. The highest BCUT2D eigenvalue weighted by atomic mass is 19.4. The van der Waals surface area contributed by atoms with Crippen molar-refractivity contribution in [1.82, 2.24) is 24.9 Å². The molecule has 1 aliphatic heterocycles. The van der Waals surface area contributed by atoms with E-state index in [9.17, 15) is 27.6 Å². The average Bonchev–Trinajstić information content (AvgIpc) is 3.29. The van der Waals surface area contributed by atoms with Crippen LogP contribution in [0.5, 0.6) is 0 Å². The van der Waals surface area contributed by atoms with Gasteiger partial charge < -0.3 is 4.90 Å². The van der Waals surface area contributed by atoms with Crippen LogP contribution in [-0.2, 0) is 17.5 Å². The molecule has 0 aliphatic carbocycles. The fourth-order valence-corrected chi connectivity index (χ4v) is 4.13. The van der Waals surface area contributed by atoms with Gasteiger partial charge in [-0.1, -0.05) is 12.1 Å². The van der Waals surface area contributed by atoms with E-state index in [1.54, 1.807) is 11.1 Å². The van der Waals surface area contributed by atoms with Gasteiger partial charge in [0, 0.05) is 30.7 Å². The summed E-state index contributed by atoms with van der Waals surface area (Å²) in [5.41, 5.74) is 0.288. The molecule has 1 aliphatic rings. The van der Waals surface area contributed by atoms with Crippen molar-refractivity contribution in [2.24, 2.45) is 0 Å². The zero-order valence-electron chi connectivity index (χ0n) is 17.6. The first kappa shape index (κ1) is 22.6. The number of likely N-dealkylation sites (tertiary alicyclic amines) is 1. The van der Waals surface area contributed by atoms with E-state index < -0.39 is 22.9 Å². The topological polar surface area (TPSA) is 104 Å². The van der Waals surface area contributed by atoms with Gasteiger partial charge in [0.1, 0.15) is 0 Å². The smallest absolute Gasteiger partial charge is 0.334 e. The highest BCUT2D eigenvalue weighted by Crippen LogP contribution is 2.37. The Hall–Kier alpha value is -3.63. The average molecular weight is 461 g/mol. The number of carbonyl (C=O) groups excluding carboxylic acids is 1. The lowest BCUT2D eigenvalue weighted by atomic mass is 9.94. The number of carbonyl (C=O) groups is 1. The van der Waals surface area contributed by atoms with Crippen LogP contribution in [0.2, 0.25) is 0 Å². The first-order chi connectivity index (χ1) is 15.7. The number of alkyl halides is 3. The molecule has 33 heavy (non-hydrogen) atoms. The van der Waals surface area contributed by atoms with Crippen LogP contribution in [0.3, 0.4) is 0 Å². The molecule has 0 bridgehead atoms. The molecule has 4 rings (SSSR count). The number of hydrogen-bond donors (Lipinski definition) is 2. The standard InChI is InChI=1S/C22H22F3N5O3/c23-22(24,25)15-6-4-14(5-7-15)16-13-26-27-21(16)17-3-1-2-11-29(17)19(32)10-12-30-20(33)9-8-18(31)28-30/h4-9,13,17H,1-3,10-12H2,(H,26,27)(H,28,31)/t17-/m0/s1. The molecule has 0 spiro atoms. The zero-order chi connectivity index (χ0) is 23.6. The molecule has 1 saturated heterocycles. The number of halogens is 3. The second-order valence-corrected chi connectivity index (χ2v) is 7.92. The number of piperidine rings is 1. The van der Waals surface area contributed by atoms with E-state index in [2.05, 4.69) is 15.3 Å². The van der Waals surface area contributed by atoms with E-state index in [0.29, 0.717) is 29.8 Å². The van der Waals surface area contributed by atoms with Crippen LogP contribution in [0, 0.1) is 0 Å². The number of hydrogen-bond acceptors (Lipinski definition) is 4. The van der Waals surface area contributed by atoms with E-state index >= 15 is 0 Å². The van der Waals surface area contributed by atoms with Gasteiger partial charge in [0.15, 0.2) is 0 Å². The number of benzene rings is 1. The largest absolute Gasteiger partial charge is 0.416 e. The van der Waals surface area contributed by atoms with Crippen molar-refractivity contribution in [3.05, 3.63) is 74.6 Å². The van der Waals surface area contributed by atoms with Gasteiger partial charge in [-0.25, -0.2) is 4.68 Å². The van der Waals surface area contributed by atoms with Gasteiger partial charge in [0.2, 0.25) is 5.91 Å². The van der Waals surface area contributed by atoms with Gasteiger partial charge in [0.05, 0.1) is 30.0 Å². The molecule has 11 heteroatoms. The van der Waals surface area contributed by atoms with Gasteiger partial charge in [-0.15, -0.1) is 0 Å². The Bertz CT molecular complexity index is 1240. The van der Waals surface area contributed by atoms with E-state index in [4.69, 9.17) is 0 Å². The van der Waals surface area contributed by atoms with E-state index in [-0.39, 0.29) is 24.9 Å². The summed E-state index contributed by atoms with van der Waals surface area (Å²) in [6.45, 7) is 0.543. The first-order valence-corrected chi connectivity index (χ1v) is 10.5. The minimum Gasteiger partial charge on any atom is -0.334 e. The predicted molar refractivity (Wildman–Crippen MR) is 113 cm³/mol. The molecule has 0 unspecified atom stereocenters. The molecule has 2 N–H and O–H groups in total. The van der Waals surface area contributed by atoms with Gasteiger partial charge in [-0.2, -0.15) is 18.3 Å². The minimum atomic E-state index is -4.42. The number of rotatable bonds is 5. The van der Waals surface area contributed by atoms with E-state index in [1.165, 1.54) is 12.1 Å². The SMILES string of the molecule is O=C(CCn1[nH]c(=O)ccc1=O)N1CCCC[C@H]1c1[nH]ncc1-c1ccc(C(F)(F)F)cc1. The van der Waals surface area contributed by atoms with Crippen molar-refractivity contribution in [3.8, 4) is 11.1 Å². The highest BCUT2D eigenvalue weighted by Gasteiger charge is 2.32. The quantitative estimate of drug-likeness (QED) is 0.609. The second kappa shape index (κ2) is 9.08. The lowest BCUT2D eigenvalue weighted by Gasteiger charge is -2.36. The molecule has 0 radical (unpaired) electrons. The maximum absolute atomic E-state index is 13.0. The Labute approximate surface area is 186 Å². The van der Waals surface area contributed by atoms with E-state index in [1.807, 2.05) is 0 Å². The summed E-state index contributed by atoms with van der Waals surface area (Å²) in [4.78, 5) is 38.1. The Morgan fingerprint density at radius 2 is 1.85 bits per heavy atom. The third kappa shape index (κ3) is 4.91. The fourth-order valence-electron chi connectivity index (χ4n) is 4.13. The molecule has 2 aromatic heterocycles. The van der Waals surface area contributed by atoms with Crippen LogP contribution in [0.15, 0.2) is 52.2 Å². The fraction of sp³-hybridized carbons (Fsp3) is 0.364. The Balaban J connectivity index is 1.55. The summed E-state index contributed by atoms with van der Waals surface area (Å²) in [5.74, 6) is -0.190. The second-order valence-electron chi connectivity index (χ2n) is 7.92. The molecule has 1 atom stereocenters. The molecule has 8 nitrogen and oxygen atoms in total. The highest BCUT2D eigenvalue weighted by molar-refractivity contribution is 5.77. The molecular weight excluding hydrogens is 439 g/mol. The van der Waals surface area contributed by atoms with Crippen LogP contribution >= 0.6 is 0 Å². The van der Waals surface area contributed by atoms with Crippen LogP contribution in [0.4, 0.5) is 13.2 Å². The van der Waals surface area contributed by atoms with Crippen LogP contribution < -0.4 is 11.1 Å². The monoisotopic (exact) mass is 461 g/mol. The number of aromatic nitrogens is 4. The summed E-state index contributed by atoms with van der Waals surface area (Å²) in [5, 5.41) is 9.41. The number of nitrogens with zero attached hydrogens (tertiary/aromatic N) is 3. The number of aryl methyl sites for hydroxylation is 1. The summed E-state index contributed by atoms with van der Waals surface area (Å²) in [6, 6.07) is 6.78. The van der Waals surface area contributed by atoms with Crippen molar-refractivity contribution < 1.29 is 18.0 Å². The summed E-state index contributed by atoms with van der Waals surface area (Å²) < 4.78 is 39.8. The molecule has 0 saturated carbocycles. The lowest BCUT2D eigenvalue weighted by molar-refractivity contribution is -0.137. The summed E-state index contributed by atoms with van der Waals surface area (Å²) in [6.07, 6.45) is -0.498. The third-order valence-corrected chi connectivity index (χ3v) is 5.79. The van der Waals surface area contributed by atoms with Crippen molar-refractivity contribution >= 4 is 5.91 Å². The van der Waals surface area contributed by atoms with Crippen molar-refractivity contribution in [2.45, 2.75) is 44.4 Å². The predicted octanol–water partition coefficient (Wildman–Crippen LogP) is 3.09. The number of amides is 1. The normalized spacial score (nSPS) is 16.7. The van der Waals surface area contributed by atoms with Gasteiger partial charge >= 0.3 is 6.18 Å². The summed E-state index contributed by atoms with van der Waals surface area (Å²) >= 11 is 0. The maximum Gasteiger partial charge on any atom is 0.416 e. The molecule has 3 aromatic rings. The first-order valence-electron chi connectivity index (χ1n) is 10.5. The molecule has 1 fully saturated rings. The van der Waals surface area contributed by atoms with Crippen molar-refractivity contribution in [2.75, 3.05) is 6.54 Å². The van der Waals surface area contributed by atoms with Crippen LogP contribution in [0.25, 0.3) is 11.1 Å². The minimum absolute atomic E-state index is 0.0140. The Morgan fingerprint density at radius 1 is 1.09 bits per heavy atom. The Morgan fingerprint density at radius 3 is 2.58 bits per heavy atom. The van der Waals surface area contributed by atoms with Crippen LogP contribution in [0.1, 0.15) is 43.0 Å². The van der Waals surface area contributed by atoms with Crippen molar-refractivity contribution in [1.29, 1.82) is 0 Å². The number of aromatic amines is 2. The molecule has 1 amide bonds. The third-order valence-electron chi connectivity index (χ3n) is 5.79. The molecule has 3 heterocycles. The van der Waals surface area contributed by atoms with E-state index in [0.717, 1.165) is 41.8 Å². The molecule has 1 aromatic carbocycles. The number of nitrogens with one attached hydrogen (secondary N) is 2. The summed E-state index contributed by atoms with van der Waals surface area (Å²) in [7, 11) is 0.